The molecule has 3 N–H and O–H groups in total. The van der Waals surface area contributed by atoms with Crippen molar-refractivity contribution >= 4 is 29.0 Å². The van der Waals surface area contributed by atoms with Crippen LogP contribution in [0.2, 0.25) is 0 Å². The highest BCUT2D eigenvalue weighted by Gasteiger charge is 2.12. The van der Waals surface area contributed by atoms with E-state index in [1.807, 2.05) is 24.3 Å². The number of nitrogens with one attached hydrogen (secondary N) is 1. The van der Waals surface area contributed by atoms with E-state index in [0.717, 1.165) is 21.4 Å². The van der Waals surface area contributed by atoms with Gasteiger partial charge in [-0.05, 0) is 24.6 Å². The third kappa shape index (κ3) is 5.51. The van der Waals surface area contributed by atoms with Crippen LogP contribution in [-0.4, -0.2) is 36.8 Å². The second-order valence-corrected chi connectivity index (χ2v) is 7.45. The summed E-state index contributed by atoms with van der Waals surface area (Å²) < 4.78 is 5.35. The first-order valence-electron chi connectivity index (χ1n) is 7.82. The molecule has 1 unspecified atom stereocenters. The smallest absolute Gasteiger partial charge is 0.270 e. The number of nitrogens with two attached hydrogens (primary N) is 1. The number of para-hydroxylation sites is 1. The van der Waals surface area contributed by atoms with Gasteiger partial charge in [0.1, 0.15) is 11.4 Å². The van der Waals surface area contributed by atoms with Crippen molar-refractivity contribution in [3.05, 3.63) is 40.3 Å². The summed E-state index contributed by atoms with van der Waals surface area (Å²) in [6.07, 6.45) is 0.712. The minimum atomic E-state index is -0.122. The van der Waals surface area contributed by atoms with Gasteiger partial charge in [-0.1, -0.05) is 19.1 Å². The van der Waals surface area contributed by atoms with Gasteiger partial charge < -0.3 is 15.8 Å². The molecule has 0 radical (unpaired) electrons. The fourth-order valence-corrected chi connectivity index (χ4v) is 3.88. The minimum absolute atomic E-state index is 0.122. The van der Waals surface area contributed by atoms with E-state index in [2.05, 4.69) is 17.2 Å². The number of thioether (sulfide) groups is 1. The quantitative estimate of drug-likeness (QED) is 0.668. The number of amides is 1. The van der Waals surface area contributed by atoms with Crippen molar-refractivity contribution in [3.8, 4) is 5.75 Å². The zero-order valence-corrected chi connectivity index (χ0v) is 15.6. The van der Waals surface area contributed by atoms with E-state index in [4.69, 9.17) is 10.5 Å². The van der Waals surface area contributed by atoms with Gasteiger partial charge in [0, 0.05) is 29.0 Å². The number of carbonyl (C=O) groups is 1. The van der Waals surface area contributed by atoms with E-state index in [-0.39, 0.29) is 5.91 Å². The van der Waals surface area contributed by atoms with E-state index in [1.54, 1.807) is 24.3 Å². The zero-order valence-electron chi connectivity index (χ0n) is 14.0. The number of benzene rings is 1. The maximum absolute atomic E-state index is 12.1. The molecule has 24 heavy (non-hydrogen) atoms. The second-order valence-electron chi connectivity index (χ2n) is 5.44. The molecule has 1 aromatic carbocycles. The molecule has 2 rings (SSSR count). The van der Waals surface area contributed by atoms with Gasteiger partial charge in [-0.3, -0.25) is 4.79 Å². The maximum Gasteiger partial charge on any atom is 0.270 e. The van der Waals surface area contributed by atoms with Crippen LogP contribution in [0.4, 0.5) is 0 Å². The lowest BCUT2D eigenvalue weighted by Crippen LogP contribution is -2.29. The molecule has 130 valence electrons. The van der Waals surface area contributed by atoms with Gasteiger partial charge in [-0.25, -0.2) is 4.98 Å². The van der Waals surface area contributed by atoms with Crippen molar-refractivity contribution in [2.75, 3.05) is 26.0 Å². The predicted molar refractivity (Wildman–Crippen MR) is 100 cm³/mol. The third-order valence-electron chi connectivity index (χ3n) is 3.35. The van der Waals surface area contributed by atoms with Crippen LogP contribution >= 0.6 is 23.1 Å². The molecule has 5 nitrogen and oxygen atoms in total. The Hall–Kier alpha value is -1.57. The number of methoxy groups -OCH3 is 1. The summed E-state index contributed by atoms with van der Waals surface area (Å²) in [5.41, 5.74) is 5.98. The van der Waals surface area contributed by atoms with Crippen molar-refractivity contribution < 1.29 is 9.53 Å². The number of aromatic nitrogens is 1. The Morgan fingerprint density at radius 3 is 3.00 bits per heavy atom. The summed E-state index contributed by atoms with van der Waals surface area (Å²) in [6, 6.07) is 7.96. The SMILES string of the molecule is COc1ccccc1SCC(C)CNC(=O)c1csc(CCN)n1. The van der Waals surface area contributed by atoms with Gasteiger partial charge in [0.05, 0.1) is 12.1 Å². The topological polar surface area (TPSA) is 77.2 Å². The lowest BCUT2D eigenvalue weighted by atomic mass is 10.2. The molecule has 0 saturated carbocycles. The van der Waals surface area contributed by atoms with Crippen LogP contribution in [0.3, 0.4) is 0 Å². The van der Waals surface area contributed by atoms with Gasteiger partial charge >= 0.3 is 0 Å². The van der Waals surface area contributed by atoms with Crippen LogP contribution in [0.25, 0.3) is 0 Å². The molecule has 1 aromatic heterocycles. The average Bonchev–Trinajstić information content (AvgIpc) is 3.07. The van der Waals surface area contributed by atoms with Crippen molar-refractivity contribution in [1.29, 1.82) is 0 Å². The molecule has 0 aliphatic carbocycles. The fraction of sp³-hybridized carbons (Fsp3) is 0.412. The largest absolute Gasteiger partial charge is 0.496 e. The summed E-state index contributed by atoms with van der Waals surface area (Å²) in [5.74, 6) is 2.00. The van der Waals surface area contributed by atoms with Crippen molar-refractivity contribution in [2.45, 2.75) is 18.2 Å². The Labute approximate surface area is 151 Å². The van der Waals surface area contributed by atoms with Crippen LogP contribution in [0, 0.1) is 5.92 Å². The minimum Gasteiger partial charge on any atom is -0.496 e. The van der Waals surface area contributed by atoms with Crippen LogP contribution in [0.15, 0.2) is 34.5 Å². The first-order chi connectivity index (χ1) is 11.6. The molecule has 0 fully saturated rings. The Balaban J connectivity index is 1.77. The molecule has 0 bridgehead atoms. The Kier molecular flexibility index (Phi) is 7.55. The standard InChI is InChI=1S/C17H23N3O2S2/c1-12(10-23-15-6-4-3-5-14(15)22-2)9-19-17(21)13-11-24-16(20-13)7-8-18/h3-6,11-12H,7-10,18H2,1-2H3,(H,19,21). The number of ether oxygens (including phenoxy) is 1. The number of thiazole rings is 1. The molecule has 1 atom stereocenters. The molecule has 1 heterocycles. The van der Waals surface area contributed by atoms with E-state index in [0.29, 0.717) is 31.1 Å². The Morgan fingerprint density at radius 1 is 1.46 bits per heavy atom. The van der Waals surface area contributed by atoms with Gasteiger partial charge in [-0.15, -0.1) is 23.1 Å². The number of hydrogen-bond donors (Lipinski definition) is 2. The van der Waals surface area contributed by atoms with E-state index in [1.165, 1.54) is 11.3 Å². The molecule has 7 heteroatoms. The van der Waals surface area contributed by atoms with E-state index < -0.39 is 0 Å². The van der Waals surface area contributed by atoms with Crippen LogP contribution in [0.5, 0.6) is 5.75 Å². The monoisotopic (exact) mass is 365 g/mol. The molecule has 0 aliphatic rings. The number of carbonyl (C=O) groups excluding carboxylic acids is 1. The highest BCUT2D eigenvalue weighted by Crippen LogP contribution is 2.29. The fourth-order valence-electron chi connectivity index (χ4n) is 2.04. The highest BCUT2D eigenvalue weighted by atomic mass is 32.2. The average molecular weight is 366 g/mol. The normalized spacial score (nSPS) is 12.0. The van der Waals surface area contributed by atoms with Crippen LogP contribution < -0.4 is 15.8 Å². The van der Waals surface area contributed by atoms with Crippen LogP contribution in [-0.2, 0) is 6.42 Å². The second kappa shape index (κ2) is 9.66. The molecule has 2 aromatic rings. The lowest BCUT2D eigenvalue weighted by molar-refractivity contribution is 0.0945. The lowest BCUT2D eigenvalue weighted by Gasteiger charge is -2.13. The molecule has 0 aliphatic heterocycles. The number of nitrogens with zero attached hydrogens (tertiary/aromatic N) is 1. The van der Waals surface area contributed by atoms with Gasteiger partial charge in [0.15, 0.2) is 0 Å². The molecular weight excluding hydrogens is 342 g/mol. The Morgan fingerprint density at radius 2 is 2.25 bits per heavy atom. The number of rotatable bonds is 9. The van der Waals surface area contributed by atoms with Gasteiger partial charge in [0.25, 0.3) is 5.91 Å². The molecule has 0 spiro atoms. The summed E-state index contributed by atoms with van der Waals surface area (Å²) in [4.78, 5) is 17.5. The summed E-state index contributed by atoms with van der Waals surface area (Å²) >= 11 is 3.21. The number of hydrogen-bond acceptors (Lipinski definition) is 6. The van der Waals surface area contributed by atoms with Crippen molar-refractivity contribution in [1.82, 2.24) is 10.3 Å². The van der Waals surface area contributed by atoms with E-state index in [9.17, 15) is 4.79 Å². The zero-order chi connectivity index (χ0) is 17.4. The third-order valence-corrected chi connectivity index (χ3v) is 5.64. The molecule has 1 amide bonds. The van der Waals surface area contributed by atoms with Crippen LogP contribution in [0.1, 0.15) is 22.4 Å². The summed E-state index contributed by atoms with van der Waals surface area (Å²) in [5, 5.41) is 5.64. The van der Waals surface area contributed by atoms with Gasteiger partial charge in [0.2, 0.25) is 0 Å². The maximum atomic E-state index is 12.1. The highest BCUT2D eigenvalue weighted by molar-refractivity contribution is 7.99. The van der Waals surface area contributed by atoms with Gasteiger partial charge in [-0.2, -0.15) is 0 Å². The Bertz CT molecular complexity index is 661. The first kappa shape index (κ1) is 18.8. The summed E-state index contributed by atoms with van der Waals surface area (Å²) in [7, 11) is 1.68. The molecule has 0 saturated heterocycles. The van der Waals surface area contributed by atoms with Crippen molar-refractivity contribution in [2.24, 2.45) is 11.7 Å². The predicted octanol–water partition coefficient (Wildman–Crippen LogP) is 2.81. The first-order valence-corrected chi connectivity index (χ1v) is 9.69. The van der Waals surface area contributed by atoms with Crippen molar-refractivity contribution in [3.63, 3.8) is 0 Å². The molecular formula is C17H23N3O2S2. The summed E-state index contributed by atoms with van der Waals surface area (Å²) in [6.45, 7) is 3.28. The van der Waals surface area contributed by atoms with E-state index >= 15 is 0 Å².